The molecule has 0 bridgehead atoms. The predicted molar refractivity (Wildman–Crippen MR) is 128 cm³/mol. The highest BCUT2D eigenvalue weighted by molar-refractivity contribution is 6.10. The van der Waals surface area contributed by atoms with Gasteiger partial charge < -0.3 is 9.80 Å². The summed E-state index contributed by atoms with van der Waals surface area (Å²) in [6.07, 6.45) is 9.54. The van der Waals surface area contributed by atoms with Crippen molar-refractivity contribution in [1.29, 1.82) is 0 Å². The summed E-state index contributed by atoms with van der Waals surface area (Å²) >= 11 is 0. The summed E-state index contributed by atoms with van der Waals surface area (Å²) in [4.78, 5) is 37.4. The van der Waals surface area contributed by atoms with Crippen molar-refractivity contribution in [3.63, 3.8) is 0 Å². The number of rotatable bonds is 12. The highest BCUT2D eigenvalue weighted by Crippen LogP contribution is 2.13. The van der Waals surface area contributed by atoms with Gasteiger partial charge in [0.2, 0.25) is 0 Å². The Bertz CT molecular complexity index is 819. The summed E-state index contributed by atoms with van der Waals surface area (Å²) in [5.41, 5.74) is 1.65. The van der Waals surface area contributed by atoms with Crippen LogP contribution in [0, 0.1) is 0 Å². The smallest absolute Gasteiger partial charge is 0.163 e. The maximum Gasteiger partial charge on any atom is 0.163 e. The molecular formula is C25H32N4O2. The summed E-state index contributed by atoms with van der Waals surface area (Å²) in [6.45, 7) is 11.9. The lowest BCUT2D eigenvalue weighted by molar-refractivity contribution is -0.121. The largest absolute Gasteiger partial charge is 0.357 e. The zero-order valence-electron chi connectivity index (χ0n) is 18.9. The van der Waals surface area contributed by atoms with Crippen LogP contribution < -0.4 is 9.80 Å². The van der Waals surface area contributed by atoms with E-state index in [0.29, 0.717) is 0 Å². The van der Waals surface area contributed by atoms with Crippen LogP contribution >= 0.6 is 0 Å². The molecule has 0 N–H and O–H groups in total. The van der Waals surface area contributed by atoms with Crippen LogP contribution in [-0.4, -0.2) is 47.7 Å². The first-order valence-electron chi connectivity index (χ1n) is 10.8. The molecule has 0 amide bonds. The van der Waals surface area contributed by atoms with Gasteiger partial charge in [-0.25, -0.2) is 9.97 Å². The molecule has 164 valence electrons. The van der Waals surface area contributed by atoms with E-state index in [9.17, 15) is 9.59 Å². The monoisotopic (exact) mass is 420 g/mol. The zero-order chi connectivity index (χ0) is 22.6. The zero-order valence-corrected chi connectivity index (χ0v) is 18.9. The number of allylic oxidation sites excluding steroid dienone is 2. The van der Waals surface area contributed by atoms with E-state index in [-0.39, 0.29) is 18.0 Å². The Labute approximate surface area is 185 Å². The van der Waals surface area contributed by atoms with E-state index in [0.717, 1.165) is 48.9 Å². The number of anilines is 2. The van der Waals surface area contributed by atoms with E-state index in [1.54, 1.807) is 24.5 Å². The standard InChI is InChI=1S/C25H32N4O2/c1-5-28(6-2)24-15-11-20(18-26-24)9-13-22(30)17-23(31)14-10-21-12-16-25(27-19-21)29(7-3)8-4/h9-16,18-19H,5-8,17H2,1-4H3/b13-9+,14-10+. The average Bonchev–Trinajstić information content (AvgIpc) is 2.79. The number of carbonyl (C=O) groups is 2. The molecule has 6 heteroatoms. The molecule has 0 atom stereocenters. The molecule has 31 heavy (non-hydrogen) atoms. The van der Waals surface area contributed by atoms with Gasteiger partial charge in [-0.05, 0) is 87.4 Å². The number of hydrogen-bond donors (Lipinski definition) is 0. The van der Waals surface area contributed by atoms with Gasteiger partial charge in [-0.15, -0.1) is 0 Å². The Balaban J connectivity index is 1.88. The minimum atomic E-state index is -0.238. The van der Waals surface area contributed by atoms with Gasteiger partial charge in [0.25, 0.3) is 0 Å². The summed E-state index contributed by atoms with van der Waals surface area (Å²) in [5, 5.41) is 0. The topological polar surface area (TPSA) is 66.4 Å². The molecule has 0 radical (unpaired) electrons. The molecule has 0 fully saturated rings. The molecule has 0 spiro atoms. The summed E-state index contributed by atoms with van der Waals surface area (Å²) in [6, 6.07) is 7.71. The molecule has 2 aromatic rings. The first-order chi connectivity index (χ1) is 15.0. The van der Waals surface area contributed by atoms with Gasteiger partial charge in [0, 0.05) is 38.6 Å². The third-order valence-corrected chi connectivity index (χ3v) is 4.99. The Morgan fingerprint density at radius 3 is 1.39 bits per heavy atom. The van der Waals surface area contributed by atoms with E-state index in [1.165, 1.54) is 12.2 Å². The molecule has 0 unspecified atom stereocenters. The summed E-state index contributed by atoms with van der Waals surface area (Å²) in [5.74, 6) is 1.34. The van der Waals surface area contributed by atoms with Crippen LogP contribution in [0.15, 0.2) is 48.8 Å². The SMILES string of the molecule is CCN(CC)c1ccc(/C=C/C(=O)CC(=O)/C=C/c2ccc(N(CC)CC)nc2)cn1. The second kappa shape index (κ2) is 12.4. The summed E-state index contributed by atoms with van der Waals surface area (Å²) < 4.78 is 0. The van der Waals surface area contributed by atoms with Gasteiger partial charge in [0.15, 0.2) is 11.6 Å². The van der Waals surface area contributed by atoms with Gasteiger partial charge in [-0.2, -0.15) is 0 Å². The lowest BCUT2D eigenvalue weighted by atomic mass is 10.1. The molecule has 2 rings (SSSR count). The lowest BCUT2D eigenvalue weighted by Crippen LogP contribution is -2.22. The molecule has 0 aromatic carbocycles. The molecule has 2 aromatic heterocycles. The van der Waals surface area contributed by atoms with Gasteiger partial charge in [0.1, 0.15) is 11.6 Å². The molecular weight excluding hydrogens is 388 g/mol. The van der Waals surface area contributed by atoms with Crippen molar-refractivity contribution in [3.05, 3.63) is 59.9 Å². The Hall–Kier alpha value is -3.28. The number of pyridine rings is 2. The molecule has 0 aliphatic rings. The van der Waals surface area contributed by atoms with E-state index in [4.69, 9.17) is 0 Å². The first kappa shape index (κ1) is 24.0. The second-order valence-corrected chi connectivity index (χ2v) is 7.02. The lowest BCUT2D eigenvalue weighted by Gasteiger charge is -2.19. The quantitative estimate of drug-likeness (QED) is 0.374. The molecule has 0 aliphatic heterocycles. The van der Waals surface area contributed by atoms with E-state index in [1.807, 2.05) is 24.3 Å². The third-order valence-electron chi connectivity index (χ3n) is 4.99. The fourth-order valence-electron chi connectivity index (χ4n) is 3.13. The van der Waals surface area contributed by atoms with E-state index in [2.05, 4.69) is 47.5 Å². The van der Waals surface area contributed by atoms with Crippen LogP contribution in [0.1, 0.15) is 45.2 Å². The predicted octanol–water partition coefficient (Wildman–Crippen LogP) is 4.42. The van der Waals surface area contributed by atoms with E-state index < -0.39 is 0 Å². The van der Waals surface area contributed by atoms with Crippen molar-refractivity contribution in [2.45, 2.75) is 34.1 Å². The highest BCUT2D eigenvalue weighted by Gasteiger charge is 2.06. The van der Waals surface area contributed by atoms with Crippen molar-refractivity contribution >= 4 is 35.4 Å². The van der Waals surface area contributed by atoms with Crippen LogP contribution in [-0.2, 0) is 9.59 Å². The Kier molecular flexibility index (Phi) is 9.62. The van der Waals surface area contributed by atoms with Gasteiger partial charge >= 0.3 is 0 Å². The number of carbonyl (C=O) groups excluding carboxylic acids is 2. The maximum atomic E-state index is 12.1. The Morgan fingerprint density at radius 2 is 1.10 bits per heavy atom. The Morgan fingerprint density at radius 1 is 0.710 bits per heavy atom. The maximum absolute atomic E-state index is 12.1. The van der Waals surface area contributed by atoms with Gasteiger partial charge in [-0.3, -0.25) is 9.59 Å². The molecule has 0 saturated heterocycles. The van der Waals surface area contributed by atoms with Crippen LogP contribution in [0.2, 0.25) is 0 Å². The normalized spacial score (nSPS) is 11.2. The van der Waals surface area contributed by atoms with Crippen LogP contribution in [0.5, 0.6) is 0 Å². The van der Waals surface area contributed by atoms with Crippen LogP contribution in [0.25, 0.3) is 12.2 Å². The first-order valence-corrected chi connectivity index (χ1v) is 10.8. The van der Waals surface area contributed by atoms with Gasteiger partial charge in [-0.1, -0.05) is 0 Å². The van der Waals surface area contributed by atoms with Crippen molar-refractivity contribution in [2.24, 2.45) is 0 Å². The van der Waals surface area contributed by atoms with Crippen molar-refractivity contribution in [2.75, 3.05) is 36.0 Å². The van der Waals surface area contributed by atoms with Crippen molar-refractivity contribution < 1.29 is 9.59 Å². The minimum Gasteiger partial charge on any atom is -0.357 e. The fourth-order valence-corrected chi connectivity index (χ4v) is 3.13. The molecule has 2 heterocycles. The number of nitrogens with zero attached hydrogens (tertiary/aromatic N) is 4. The fraction of sp³-hybridized carbons (Fsp3) is 0.360. The second-order valence-electron chi connectivity index (χ2n) is 7.02. The van der Waals surface area contributed by atoms with Gasteiger partial charge in [0.05, 0.1) is 6.42 Å². The number of ketones is 2. The molecule has 0 saturated carbocycles. The minimum absolute atomic E-state index is 0.164. The van der Waals surface area contributed by atoms with Crippen LogP contribution in [0.4, 0.5) is 11.6 Å². The van der Waals surface area contributed by atoms with Crippen molar-refractivity contribution in [1.82, 2.24) is 9.97 Å². The average molecular weight is 421 g/mol. The summed E-state index contributed by atoms with van der Waals surface area (Å²) in [7, 11) is 0. The van der Waals surface area contributed by atoms with E-state index >= 15 is 0 Å². The van der Waals surface area contributed by atoms with Crippen molar-refractivity contribution in [3.8, 4) is 0 Å². The number of aromatic nitrogens is 2. The third kappa shape index (κ3) is 7.48. The van der Waals surface area contributed by atoms with Crippen LogP contribution in [0.3, 0.4) is 0 Å². The highest BCUT2D eigenvalue weighted by atomic mass is 16.1. The molecule has 0 aliphatic carbocycles. The number of hydrogen-bond acceptors (Lipinski definition) is 6. The molecule has 6 nitrogen and oxygen atoms in total.